The predicted molar refractivity (Wildman–Crippen MR) is 129 cm³/mol. The van der Waals surface area contributed by atoms with E-state index in [1.165, 1.54) is 27.7 Å². The van der Waals surface area contributed by atoms with Crippen LogP contribution in [0.25, 0.3) is 0 Å². The summed E-state index contributed by atoms with van der Waals surface area (Å²) >= 11 is 0. The van der Waals surface area contributed by atoms with Crippen LogP contribution in [0, 0.1) is 74.2 Å². The van der Waals surface area contributed by atoms with E-state index in [0.717, 1.165) is 24.3 Å². The zero-order chi connectivity index (χ0) is 27.4. The Balaban J connectivity index is 0.00000400. The maximum absolute atomic E-state index is 15.0. The van der Waals surface area contributed by atoms with Crippen LogP contribution in [-0.2, 0) is 0 Å². The van der Waals surface area contributed by atoms with Crippen molar-refractivity contribution < 1.29 is 86.5 Å². The molecule has 4 rings (SSSR count). The molecule has 0 aromatic heterocycles. The summed E-state index contributed by atoms with van der Waals surface area (Å²) in [4.78, 5) is 0. The number of halogens is 8. The number of benzene rings is 4. The number of rotatable bonds is 4. The molecular weight excluding hydrogens is 538 g/mol. The summed E-state index contributed by atoms with van der Waals surface area (Å²) in [6, 6.07) is 5.67. The van der Waals surface area contributed by atoms with Crippen LogP contribution in [0.5, 0.6) is 0 Å². The Hall–Kier alpha value is -1.98. The first-order valence-electron chi connectivity index (χ1n) is 11.3. The molecule has 0 aliphatic rings. The van der Waals surface area contributed by atoms with Crippen LogP contribution in [0.1, 0.15) is 22.3 Å². The van der Waals surface area contributed by atoms with Crippen molar-refractivity contribution in [2.24, 2.45) is 0 Å². The monoisotopic (exact) mass is 558 g/mol. The van der Waals surface area contributed by atoms with E-state index >= 15 is 17.6 Å². The van der Waals surface area contributed by atoms with Gasteiger partial charge in [0.1, 0.15) is 52.7 Å². The third-order valence-electron chi connectivity index (χ3n) is 7.26. The molecule has 0 unspecified atom stereocenters. The van der Waals surface area contributed by atoms with Crippen molar-refractivity contribution in [3.63, 3.8) is 0 Å². The Morgan fingerprint density at radius 1 is 0.368 bits per heavy atom. The average Bonchev–Trinajstić information content (AvgIpc) is 2.80. The van der Waals surface area contributed by atoms with Gasteiger partial charge in [-0.3, -0.25) is 0 Å². The molecule has 4 aromatic carbocycles. The van der Waals surface area contributed by atoms with Crippen LogP contribution in [0.15, 0.2) is 48.5 Å². The third-order valence-corrected chi connectivity index (χ3v) is 7.26. The summed E-state index contributed by atoms with van der Waals surface area (Å²) in [5.74, 6) is -8.71. The average molecular weight is 558 g/mol. The third kappa shape index (κ3) is 5.01. The Bertz CT molecular complexity index is 1330. The molecule has 0 N–H and O–H groups in total. The van der Waals surface area contributed by atoms with Gasteiger partial charge in [-0.15, -0.1) is 0 Å². The second-order valence-corrected chi connectivity index (χ2v) is 9.27. The topological polar surface area (TPSA) is 0 Å². The van der Waals surface area contributed by atoms with Crippen molar-refractivity contribution in [2.75, 3.05) is 0 Å². The van der Waals surface area contributed by atoms with E-state index in [1.807, 2.05) is 0 Å². The van der Waals surface area contributed by atoms with Crippen molar-refractivity contribution in [3.8, 4) is 0 Å². The number of hydrogen-bond donors (Lipinski definition) is 0. The van der Waals surface area contributed by atoms with Gasteiger partial charge in [0.25, 0.3) is 0 Å². The first kappa shape index (κ1) is 30.6. The Morgan fingerprint density at radius 3 is 0.737 bits per heavy atom. The first-order valence-corrected chi connectivity index (χ1v) is 11.3. The van der Waals surface area contributed by atoms with Crippen molar-refractivity contribution in [3.05, 3.63) is 117 Å². The molecule has 0 radical (unpaired) electrons. The van der Waals surface area contributed by atoms with Crippen molar-refractivity contribution >= 4 is 28.0 Å². The minimum atomic E-state index is -3.39. The molecule has 0 spiro atoms. The molecule has 0 aliphatic carbocycles. The molecule has 0 nitrogen and oxygen atoms in total. The van der Waals surface area contributed by atoms with Gasteiger partial charge in [0.15, 0.2) is 0 Å². The summed E-state index contributed by atoms with van der Waals surface area (Å²) < 4.78 is 119. The van der Waals surface area contributed by atoms with Crippen LogP contribution < -0.4 is 73.2 Å². The largest absolute Gasteiger partial charge is 1.00 e. The van der Waals surface area contributed by atoms with E-state index in [4.69, 9.17) is 0 Å². The molecule has 0 amide bonds. The second kappa shape index (κ2) is 11.3. The van der Waals surface area contributed by atoms with Gasteiger partial charge in [0.2, 0.25) is 0 Å². The van der Waals surface area contributed by atoms with Gasteiger partial charge in [-0.05, 0) is 49.9 Å². The van der Waals surface area contributed by atoms with E-state index in [9.17, 15) is 17.6 Å². The van der Waals surface area contributed by atoms with Crippen molar-refractivity contribution in [1.82, 2.24) is 0 Å². The molecule has 0 aliphatic heterocycles. The fourth-order valence-electron chi connectivity index (χ4n) is 5.47. The van der Waals surface area contributed by atoms with Crippen LogP contribution in [0.3, 0.4) is 0 Å². The van der Waals surface area contributed by atoms with Gasteiger partial charge in [-0.25, -0.2) is 35.1 Å². The Labute approximate surface area is 257 Å². The van der Waals surface area contributed by atoms with E-state index < -0.39 is 52.7 Å². The van der Waals surface area contributed by atoms with Gasteiger partial charge >= 0.3 is 51.4 Å². The van der Waals surface area contributed by atoms with Gasteiger partial charge in [0, 0.05) is 24.3 Å². The zero-order valence-corrected chi connectivity index (χ0v) is 24.3. The molecule has 38 heavy (non-hydrogen) atoms. The van der Waals surface area contributed by atoms with Gasteiger partial charge in [-0.2, -0.15) is 21.9 Å². The molecule has 0 saturated heterocycles. The van der Waals surface area contributed by atoms with Gasteiger partial charge in [-0.1, -0.05) is 24.3 Å². The summed E-state index contributed by atoms with van der Waals surface area (Å²) in [5, 5.41) is 0. The van der Waals surface area contributed by atoms with Gasteiger partial charge < -0.3 is 0 Å². The molecule has 0 heterocycles. The SMILES string of the molecule is Cc1c(F)cc(F)cc1[B-](c1cc(F)cc(F)c1C)(c1cc(F)cc(F)c1C)c1cc(F)cc(F)c1C.[K+]. The quantitative estimate of drug-likeness (QED) is 0.267. The first-order chi connectivity index (χ1) is 17.3. The van der Waals surface area contributed by atoms with Crippen LogP contribution >= 0.6 is 0 Å². The normalized spacial score (nSPS) is 11.5. The van der Waals surface area contributed by atoms with Crippen LogP contribution in [-0.4, -0.2) is 6.15 Å². The molecule has 0 bridgehead atoms. The van der Waals surface area contributed by atoms with Crippen molar-refractivity contribution in [2.45, 2.75) is 27.7 Å². The fraction of sp³-hybridized carbons (Fsp3) is 0.143. The molecule has 4 aromatic rings. The maximum atomic E-state index is 15.0. The fourth-order valence-corrected chi connectivity index (χ4v) is 5.47. The number of hydrogen-bond acceptors (Lipinski definition) is 0. The summed E-state index contributed by atoms with van der Waals surface area (Å²) in [6.45, 7) is 4.95. The minimum Gasteiger partial charge on any atom is -0.207 e. The summed E-state index contributed by atoms with van der Waals surface area (Å²) in [6.07, 6.45) is -3.39. The van der Waals surface area contributed by atoms with Crippen LogP contribution in [0.4, 0.5) is 35.1 Å². The van der Waals surface area contributed by atoms with E-state index in [0.29, 0.717) is 24.3 Å². The molecule has 0 atom stereocenters. The molecule has 0 saturated carbocycles. The van der Waals surface area contributed by atoms with Crippen molar-refractivity contribution in [1.29, 1.82) is 0 Å². The Kier molecular flexibility index (Phi) is 9.05. The smallest absolute Gasteiger partial charge is 0.207 e. The van der Waals surface area contributed by atoms with E-state index in [1.54, 1.807) is 0 Å². The summed E-state index contributed by atoms with van der Waals surface area (Å²) in [7, 11) is 0. The van der Waals surface area contributed by atoms with E-state index in [-0.39, 0.29) is 95.5 Å². The zero-order valence-electron chi connectivity index (χ0n) is 21.2. The maximum Gasteiger partial charge on any atom is 1.00 e. The minimum absolute atomic E-state index is 0. The Morgan fingerprint density at radius 2 is 0.553 bits per heavy atom. The molecule has 10 heteroatoms. The van der Waals surface area contributed by atoms with Crippen LogP contribution in [0.2, 0.25) is 0 Å². The molecule has 192 valence electrons. The molecular formula is C28H20BF8K. The standard InChI is InChI=1S/C28H20BF8.K/c1-13-21(5-17(30)9-25(13)34)29(22-6-18(31)10-26(35)14(22)2,23-7-19(32)11-27(36)15(23)3)24-8-20(33)12-28(37)16(24)4;/h5-12H,1-4H3;/q-1;+1. The molecule has 0 fully saturated rings. The summed E-state index contributed by atoms with van der Waals surface area (Å²) in [5.41, 5.74) is -2.09. The second-order valence-electron chi connectivity index (χ2n) is 9.27. The predicted octanol–water partition coefficient (Wildman–Crippen LogP) is 2.41. The van der Waals surface area contributed by atoms with E-state index in [2.05, 4.69) is 0 Å². The van der Waals surface area contributed by atoms with Gasteiger partial charge in [0.05, 0.1) is 0 Å².